The molecule has 0 radical (unpaired) electrons. The van der Waals surface area contributed by atoms with Crippen molar-refractivity contribution in [2.45, 2.75) is 59.0 Å². The average molecular weight is 645 g/mol. The predicted octanol–water partition coefficient (Wildman–Crippen LogP) is 5.86. The third kappa shape index (κ3) is 7.99. The quantitative estimate of drug-likeness (QED) is 0.172. The first-order valence-electron chi connectivity index (χ1n) is 15.8. The van der Waals surface area contributed by atoms with E-state index in [1.165, 1.54) is 12.3 Å². The van der Waals surface area contributed by atoms with E-state index in [-0.39, 0.29) is 34.9 Å². The first-order chi connectivity index (χ1) is 22.1. The van der Waals surface area contributed by atoms with Crippen LogP contribution in [0.3, 0.4) is 0 Å². The molecule has 3 aromatic rings. The summed E-state index contributed by atoms with van der Waals surface area (Å²) in [4.78, 5) is 46.3. The molecule has 252 valence electrons. The van der Waals surface area contributed by atoms with Gasteiger partial charge in [-0.1, -0.05) is 34.3 Å². The van der Waals surface area contributed by atoms with Crippen LogP contribution in [0.1, 0.15) is 69.2 Å². The monoisotopic (exact) mass is 644 g/mol. The number of methoxy groups -OCH3 is 1. The number of ether oxygens (including phenoxy) is 2. The lowest BCUT2D eigenvalue weighted by Crippen LogP contribution is -2.29. The topological polar surface area (TPSA) is 125 Å². The van der Waals surface area contributed by atoms with Gasteiger partial charge in [0.05, 0.1) is 41.7 Å². The zero-order chi connectivity index (χ0) is 34.6. The first-order valence-corrected chi connectivity index (χ1v) is 15.8. The fourth-order valence-corrected chi connectivity index (χ4v) is 5.34. The Hall–Kier alpha value is -4.71. The molecule has 1 aromatic carbocycles. The molecule has 0 saturated carbocycles. The molecule has 47 heavy (non-hydrogen) atoms. The van der Waals surface area contributed by atoms with E-state index in [0.717, 1.165) is 29.3 Å². The second kappa shape index (κ2) is 14.4. The second-order valence-electron chi connectivity index (χ2n) is 13.2. The van der Waals surface area contributed by atoms with E-state index < -0.39 is 5.97 Å². The summed E-state index contributed by atoms with van der Waals surface area (Å²) in [6.45, 7) is 17.8. The molecule has 2 aromatic heterocycles. The van der Waals surface area contributed by atoms with E-state index in [9.17, 15) is 9.59 Å². The number of nitrogens with one attached hydrogen (secondary N) is 2. The van der Waals surface area contributed by atoms with Crippen LogP contribution in [0, 0.1) is 0 Å². The maximum Gasteiger partial charge on any atom is 0.343 e. The van der Waals surface area contributed by atoms with Gasteiger partial charge in [-0.25, -0.2) is 9.78 Å². The third-order valence-electron chi connectivity index (χ3n) is 7.86. The Labute approximate surface area is 278 Å². The summed E-state index contributed by atoms with van der Waals surface area (Å²) >= 11 is 0. The highest BCUT2D eigenvalue weighted by Crippen LogP contribution is 2.45. The number of nitrogens with zero attached hydrogens (tertiary/aromatic N) is 6. The molecule has 0 aliphatic carbocycles. The number of carbonyl (C=O) groups is 2. The third-order valence-corrected chi connectivity index (χ3v) is 7.86. The highest BCUT2D eigenvalue weighted by Gasteiger charge is 2.40. The number of fused-ring (bicyclic) bond motifs is 1. The van der Waals surface area contributed by atoms with Gasteiger partial charge in [0.15, 0.2) is 5.82 Å². The summed E-state index contributed by atoms with van der Waals surface area (Å²) in [6.07, 6.45) is 2.38. The number of rotatable bonds is 13. The second-order valence-corrected chi connectivity index (χ2v) is 13.2. The van der Waals surface area contributed by atoms with Gasteiger partial charge >= 0.3 is 5.97 Å². The van der Waals surface area contributed by atoms with Gasteiger partial charge in [0.1, 0.15) is 11.3 Å². The van der Waals surface area contributed by atoms with Crippen LogP contribution < -0.4 is 25.2 Å². The molecule has 0 spiro atoms. The number of esters is 1. The zero-order valence-electron chi connectivity index (χ0n) is 29.3. The Morgan fingerprint density at radius 2 is 1.81 bits per heavy atom. The van der Waals surface area contributed by atoms with Gasteiger partial charge in [0, 0.05) is 50.1 Å². The predicted molar refractivity (Wildman–Crippen MR) is 188 cm³/mol. The molecule has 0 unspecified atom stereocenters. The standard InChI is InChI=1S/C35H48N8O4/c1-12-30(44)37-25-17-26(29(46-11)18-28(25)42(10)16-15-41(8)9)39-34-36-19-23(33(45)47-22(4)5)32(40-34)43-20-35(6,7)31-27(43)14-13-24(38-31)21(2)3/h12-14,17-19,21-22H,1,15-16,20H2,2-11H3,(H,37,44)(H,36,39,40). The van der Waals surface area contributed by atoms with E-state index >= 15 is 0 Å². The molecule has 1 aliphatic heterocycles. The van der Waals surface area contributed by atoms with Crippen molar-refractivity contribution in [2.24, 2.45) is 0 Å². The average Bonchev–Trinajstić information content (AvgIpc) is 3.29. The Balaban J connectivity index is 1.81. The van der Waals surface area contributed by atoms with Crippen LogP contribution >= 0.6 is 0 Å². The summed E-state index contributed by atoms with van der Waals surface area (Å²) in [5.74, 6) is 0.549. The number of likely N-dealkylation sites (N-methyl/N-ethyl adjacent to an activating group) is 2. The van der Waals surface area contributed by atoms with Crippen LogP contribution in [0.5, 0.6) is 5.75 Å². The number of amides is 1. The van der Waals surface area contributed by atoms with E-state index in [1.807, 2.05) is 49.1 Å². The van der Waals surface area contributed by atoms with Gasteiger partial charge < -0.3 is 34.8 Å². The molecule has 12 heteroatoms. The molecule has 2 N–H and O–H groups in total. The summed E-state index contributed by atoms with van der Waals surface area (Å²) in [6, 6.07) is 7.69. The van der Waals surface area contributed by atoms with Gasteiger partial charge in [-0.3, -0.25) is 9.78 Å². The van der Waals surface area contributed by atoms with E-state index in [1.54, 1.807) is 27.0 Å². The smallest absolute Gasteiger partial charge is 0.343 e. The largest absolute Gasteiger partial charge is 0.494 e. The number of carbonyl (C=O) groups excluding carboxylic acids is 2. The molecule has 1 aliphatic rings. The van der Waals surface area contributed by atoms with Gasteiger partial charge in [0.2, 0.25) is 11.9 Å². The molecule has 12 nitrogen and oxygen atoms in total. The van der Waals surface area contributed by atoms with Crippen molar-refractivity contribution in [1.29, 1.82) is 0 Å². The number of hydrogen-bond acceptors (Lipinski definition) is 11. The summed E-state index contributed by atoms with van der Waals surface area (Å²) in [5, 5.41) is 6.18. The molecule has 3 heterocycles. The van der Waals surface area contributed by atoms with Crippen molar-refractivity contribution in [1.82, 2.24) is 19.9 Å². The molecule has 0 fully saturated rings. The Morgan fingerprint density at radius 3 is 2.43 bits per heavy atom. The highest BCUT2D eigenvalue weighted by atomic mass is 16.5. The van der Waals surface area contributed by atoms with Crippen LogP contribution in [0.15, 0.2) is 43.1 Å². The molecular weight excluding hydrogens is 596 g/mol. The number of hydrogen-bond donors (Lipinski definition) is 2. The number of pyridine rings is 1. The summed E-state index contributed by atoms with van der Waals surface area (Å²) < 4.78 is 11.4. The van der Waals surface area contributed by atoms with E-state index in [0.29, 0.717) is 36.0 Å². The van der Waals surface area contributed by atoms with Crippen molar-refractivity contribution in [3.8, 4) is 5.75 Å². The Kier molecular flexibility index (Phi) is 10.7. The van der Waals surface area contributed by atoms with Crippen molar-refractivity contribution < 1.29 is 19.1 Å². The van der Waals surface area contributed by atoms with E-state index in [2.05, 4.69) is 54.8 Å². The molecule has 0 bridgehead atoms. The van der Waals surface area contributed by atoms with Crippen LogP contribution in [-0.2, 0) is 14.9 Å². The van der Waals surface area contributed by atoms with Crippen molar-refractivity contribution in [2.75, 3.05) is 68.3 Å². The minimum Gasteiger partial charge on any atom is -0.494 e. The highest BCUT2D eigenvalue weighted by molar-refractivity contribution is 6.02. The molecule has 0 atom stereocenters. The fourth-order valence-electron chi connectivity index (χ4n) is 5.34. The molecule has 4 rings (SSSR count). The normalized spacial score (nSPS) is 13.5. The fraction of sp³-hybridized carbons (Fsp3) is 0.457. The van der Waals surface area contributed by atoms with Crippen molar-refractivity contribution in [3.05, 3.63) is 60.1 Å². The van der Waals surface area contributed by atoms with Crippen molar-refractivity contribution in [3.63, 3.8) is 0 Å². The molecular formula is C35H48N8O4. The maximum atomic E-state index is 13.4. The first kappa shape index (κ1) is 35.1. The van der Waals surface area contributed by atoms with Crippen LogP contribution in [0.2, 0.25) is 0 Å². The van der Waals surface area contributed by atoms with Crippen LogP contribution in [0.25, 0.3) is 0 Å². The van der Waals surface area contributed by atoms with Gasteiger partial charge in [0.25, 0.3) is 0 Å². The van der Waals surface area contributed by atoms with Gasteiger partial charge in [-0.05, 0) is 58.1 Å². The lowest BCUT2D eigenvalue weighted by atomic mass is 9.91. The van der Waals surface area contributed by atoms with Crippen LogP contribution in [-0.4, -0.2) is 85.7 Å². The minimum atomic E-state index is -0.517. The number of aromatic nitrogens is 3. The molecule has 0 saturated heterocycles. The maximum absolute atomic E-state index is 13.4. The lowest BCUT2D eigenvalue weighted by molar-refractivity contribution is -0.111. The molecule has 1 amide bonds. The van der Waals surface area contributed by atoms with Gasteiger partial charge in [-0.2, -0.15) is 4.98 Å². The number of anilines is 6. The number of benzene rings is 1. The Morgan fingerprint density at radius 1 is 1.09 bits per heavy atom. The SMILES string of the molecule is C=CC(=O)Nc1cc(Nc2ncc(C(=O)OC(C)C)c(N3CC(C)(C)c4nc(C(C)C)ccc43)n2)c(OC)cc1N(C)CCN(C)C. The summed E-state index contributed by atoms with van der Waals surface area (Å²) in [5.41, 5.74) is 4.59. The zero-order valence-corrected chi connectivity index (χ0v) is 29.3. The minimum absolute atomic E-state index is 0.229. The van der Waals surface area contributed by atoms with E-state index in [4.69, 9.17) is 19.4 Å². The van der Waals surface area contributed by atoms with Gasteiger partial charge in [-0.15, -0.1) is 0 Å². The van der Waals surface area contributed by atoms with Crippen molar-refractivity contribution >= 4 is 46.4 Å². The van der Waals surface area contributed by atoms with Crippen LogP contribution in [0.4, 0.5) is 34.5 Å². The Bertz CT molecular complexity index is 1640. The summed E-state index contributed by atoms with van der Waals surface area (Å²) in [7, 11) is 7.54. The lowest BCUT2D eigenvalue weighted by Gasteiger charge is -2.26.